The van der Waals surface area contributed by atoms with Gasteiger partial charge in [-0.15, -0.1) is 0 Å². The smallest absolute Gasteiger partial charge is 0.160 e. The van der Waals surface area contributed by atoms with Crippen LogP contribution in [0, 0.1) is 0 Å². The molecule has 0 radical (unpaired) electrons. The van der Waals surface area contributed by atoms with E-state index in [4.69, 9.17) is 9.40 Å². The summed E-state index contributed by atoms with van der Waals surface area (Å²) in [5, 5.41) is 2.11. The van der Waals surface area contributed by atoms with Crippen LogP contribution in [0.3, 0.4) is 0 Å². The van der Waals surface area contributed by atoms with Gasteiger partial charge in [0.05, 0.1) is 5.69 Å². The molecule has 0 saturated heterocycles. The number of nitrogens with zero attached hydrogens (tertiary/aromatic N) is 2. The van der Waals surface area contributed by atoms with Crippen molar-refractivity contribution in [1.29, 1.82) is 0 Å². The quantitative estimate of drug-likeness (QED) is 0.255. The molecule has 3 heteroatoms. The van der Waals surface area contributed by atoms with Gasteiger partial charge in [0.2, 0.25) is 0 Å². The lowest BCUT2D eigenvalue weighted by molar-refractivity contribution is 0.669. The van der Waals surface area contributed by atoms with Crippen molar-refractivity contribution in [3.8, 4) is 44.9 Å². The van der Waals surface area contributed by atoms with E-state index in [0.29, 0.717) is 5.82 Å². The van der Waals surface area contributed by atoms with Gasteiger partial charge in [-0.25, -0.2) is 9.97 Å². The SMILES string of the molecule is c1ccc(-c2cc(-c3ccccc3)cc(-c3ccnc(-c4cccc5oc6ccccc6c45)n3)c2)cc1. The van der Waals surface area contributed by atoms with Crippen LogP contribution in [0.5, 0.6) is 0 Å². The van der Waals surface area contributed by atoms with Gasteiger partial charge in [-0.2, -0.15) is 0 Å². The van der Waals surface area contributed by atoms with Gasteiger partial charge in [-0.3, -0.25) is 0 Å². The molecule has 174 valence electrons. The van der Waals surface area contributed by atoms with Crippen LogP contribution in [0.4, 0.5) is 0 Å². The predicted octanol–water partition coefficient (Wildman–Crippen LogP) is 9.04. The third-order valence-electron chi connectivity index (χ3n) is 6.74. The summed E-state index contributed by atoms with van der Waals surface area (Å²) in [6.07, 6.45) is 1.84. The molecule has 0 aliphatic rings. The maximum atomic E-state index is 6.10. The first-order valence-corrected chi connectivity index (χ1v) is 12.3. The summed E-state index contributed by atoms with van der Waals surface area (Å²) in [6, 6.07) is 43.8. The fraction of sp³-hybridized carbons (Fsp3) is 0. The van der Waals surface area contributed by atoms with Crippen LogP contribution < -0.4 is 0 Å². The van der Waals surface area contributed by atoms with E-state index in [0.717, 1.165) is 49.9 Å². The zero-order valence-corrected chi connectivity index (χ0v) is 20.0. The van der Waals surface area contributed by atoms with Gasteiger partial charge in [0.1, 0.15) is 11.2 Å². The molecular weight excluding hydrogens is 452 g/mol. The second-order valence-electron chi connectivity index (χ2n) is 9.07. The zero-order valence-electron chi connectivity index (χ0n) is 20.0. The van der Waals surface area contributed by atoms with Crippen LogP contribution in [0.25, 0.3) is 66.8 Å². The molecule has 0 aliphatic carbocycles. The van der Waals surface area contributed by atoms with E-state index in [-0.39, 0.29) is 0 Å². The standard InChI is InChI=1S/C34H22N2O/c1-3-10-23(11-4-1)25-20-26(24-12-5-2-6-13-24)22-27(21-25)30-18-19-35-34(36-30)29-15-9-17-32-33(29)28-14-7-8-16-31(28)37-32/h1-22H. The maximum absolute atomic E-state index is 6.10. The van der Waals surface area contributed by atoms with E-state index >= 15 is 0 Å². The molecule has 3 nitrogen and oxygen atoms in total. The highest BCUT2D eigenvalue weighted by molar-refractivity contribution is 6.11. The summed E-state index contributed by atoms with van der Waals surface area (Å²) in [6.45, 7) is 0. The van der Waals surface area contributed by atoms with Crippen molar-refractivity contribution in [2.75, 3.05) is 0 Å². The van der Waals surface area contributed by atoms with Crippen molar-refractivity contribution >= 4 is 21.9 Å². The molecule has 2 heterocycles. The lowest BCUT2D eigenvalue weighted by atomic mass is 9.95. The highest BCUT2D eigenvalue weighted by Crippen LogP contribution is 2.37. The number of fused-ring (bicyclic) bond motifs is 3. The Morgan fingerprint density at radius 1 is 0.486 bits per heavy atom. The van der Waals surface area contributed by atoms with Gasteiger partial charge in [0, 0.05) is 28.1 Å². The van der Waals surface area contributed by atoms with Gasteiger partial charge >= 0.3 is 0 Å². The second-order valence-corrected chi connectivity index (χ2v) is 9.07. The molecule has 0 fully saturated rings. The van der Waals surface area contributed by atoms with Gasteiger partial charge in [0.15, 0.2) is 5.82 Å². The molecule has 0 aliphatic heterocycles. The molecule has 2 aromatic heterocycles. The molecule has 0 amide bonds. The molecular formula is C34H22N2O. The summed E-state index contributed by atoms with van der Waals surface area (Å²) >= 11 is 0. The maximum Gasteiger partial charge on any atom is 0.160 e. The summed E-state index contributed by atoms with van der Waals surface area (Å²) in [5.74, 6) is 0.682. The Morgan fingerprint density at radius 3 is 1.84 bits per heavy atom. The van der Waals surface area contributed by atoms with E-state index in [9.17, 15) is 0 Å². The van der Waals surface area contributed by atoms with Crippen LogP contribution in [0.1, 0.15) is 0 Å². The van der Waals surface area contributed by atoms with Crippen LogP contribution in [0.15, 0.2) is 138 Å². The monoisotopic (exact) mass is 474 g/mol. The number of hydrogen-bond acceptors (Lipinski definition) is 3. The minimum Gasteiger partial charge on any atom is -0.456 e. The minimum absolute atomic E-state index is 0.682. The van der Waals surface area contributed by atoms with Gasteiger partial charge in [0.25, 0.3) is 0 Å². The molecule has 7 aromatic rings. The molecule has 5 aromatic carbocycles. The van der Waals surface area contributed by atoms with Gasteiger partial charge in [-0.1, -0.05) is 91.0 Å². The van der Waals surface area contributed by atoms with E-state index in [1.54, 1.807) is 0 Å². The number of aromatic nitrogens is 2. The Balaban J connectivity index is 1.41. The predicted molar refractivity (Wildman–Crippen MR) is 151 cm³/mol. The first kappa shape index (κ1) is 21.3. The Kier molecular flexibility index (Phi) is 5.11. The summed E-state index contributed by atoms with van der Waals surface area (Å²) in [7, 11) is 0. The van der Waals surface area contributed by atoms with Crippen LogP contribution >= 0.6 is 0 Å². The van der Waals surface area contributed by atoms with E-state index in [2.05, 4.69) is 83.8 Å². The van der Waals surface area contributed by atoms with E-state index < -0.39 is 0 Å². The average molecular weight is 475 g/mol. The minimum atomic E-state index is 0.682. The Morgan fingerprint density at radius 2 is 1.11 bits per heavy atom. The topological polar surface area (TPSA) is 38.9 Å². The van der Waals surface area contributed by atoms with Crippen molar-refractivity contribution in [2.24, 2.45) is 0 Å². The highest BCUT2D eigenvalue weighted by atomic mass is 16.3. The van der Waals surface area contributed by atoms with E-state index in [1.165, 1.54) is 11.1 Å². The van der Waals surface area contributed by atoms with Crippen molar-refractivity contribution in [3.05, 3.63) is 134 Å². The molecule has 0 saturated carbocycles. The van der Waals surface area contributed by atoms with Crippen LogP contribution in [-0.4, -0.2) is 9.97 Å². The third-order valence-corrected chi connectivity index (χ3v) is 6.74. The summed E-state index contributed by atoms with van der Waals surface area (Å²) in [5.41, 5.74) is 9.25. The van der Waals surface area contributed by atoms with Crippen molar-refractivity contribution in [2.45, 2.75) is 0 Å². The molecule has 7 rings (SSSR count). The third kappa shape index (κ3) is 3.87. The van der Waals surface area contributed by atoms with E-state index in [1.807, 2.05) is 54.7 Å². The van der Waals surface area contributed by atoms with Crippen LogP contribution in [0.2, 0.25) is 0 Å². The Bertz CT molecular complexity index is 1810. The summed E-state index contributed by atoms with van der Waals surface area (Å²) in [4.78, 5) is 9.75. The normalized spacial score (nSPS) is 11.2. The van der Waals surface area contributed by atoms with Gasteiger partial charge in [-0.05, 0) is 58.7 Å². The Hall–Kier alpha value is -5.02. The fourth-order valence-electron chi connectivity index (χ4n) is 4.98. The largest absolute Gasteiger partial charge is 0.456 e. The fourth-order valence-corrected chi connectivity index (χ4v) is 4.98. The molecule has 0 bridgehead atoms. The van der Waals surface area contributed by atoms with Crippen molar-refractivity contribution in [1.82, 2.24) is 9.97 Å². The first-order chi connectivity index (χ1) is 18.3. The lowest BCUT2D eigenvalue weighted by Gasteiger charge is -2.11. The molecule has 0 atom stereocenters. The van der Waals surface area contributed by atoms with Crippen molar-refractivity contribution < 1.29 is 4.42 Å². The number of furan rings is 1. The number of benzene rings is 5. The average Bonchev–Trinajstić information content (AvgIpc) is 3.37. The molecule has 0 unspecified atom stereocenters. The second kappa shape index (κ2) is 8.89. The number of para-hydroxylation sites is 1. The number of hydrogen-bond donors (Lipinski definition) is 0. The molecule has 0 N–H and O–H groups in total. The summed E-state index contributed by atoms with van der Waals surface area (Å²) < 4.78 is 6.10. The first-order valence-electron chi connectivity index (χ1n) is 12.3. The molecule has 0 spiro atoms. The lowest BCUT2D eigenvalue weighted by Crippen LogP contribution is -1.93. The highest BCUT2D eigenvalue weighted by Gasteiger charge is 2.15. The molecule has 37 heavy (non-hydrogen) atoms. The number of rotatable bonds is 4. The zero-order chi connectivity index (χ0) is 24.6. The van der Waals surface area contributed by atoms with Gasteiger partial charge < -0.3 is 4.42 Å². The Labute approximate surface area is 214 Å². The van der Waals surface area contributed by atoms with Crippen LogP contribution in [-0.2, 0) is 0 Å². The van der Waals surface area contributed by atoms with Crippen molar-refractivity contribution in [3.63, 3.8) is 0 Å².